The summed E-state index contributed by atoms with van der Waals surface area (Å²) in [6.07, 6.45) is 2.03. The molecule has 5 heteroatoms. The van der Waals surface area contributed by atoms with Crippen LogP contribution >= 0.6 is 11.5 Å². The summed E-state index contributed by atoms with van der Waals surface area (Å²) in [5.74, 6) is 0.0326. The zero-order valence-corrected chi connectivity index (χ0v) is 10.2. The minimum atomic E-state index is 0.0326. The van der Waals surface area contributed by atoms with Crippen LogP contribution in [0.15, 0.2) is 11.4 Å². The van der Waals surface area contributed by atoms with Crippen molar-refractivity contribution in [3.8, 4) is 0 Å². The third kappa shape index (κ3) is 2.59. The lowest BCUT2D eigenvalue weighted by Crippen LogP contribution is -2.36. The van der Waals surface area contributed by atoms with Crippen LogP contribution in [0.3, 0.4) is 0 Å². The minimum Gasteiger partial charge on any atom is -0.376 e. The molecule has 1 aromatic rings. The van der Waals surface area contributed by atoms with E-state index in [0.29, 0.717) is 12.2 Å². The van der Waals surface area contributed by atoms with Crippen LogP contribution in [0.5, 0.6) is 0 Å². The zero-order chi connectivity index (χ0) is 11.4. The number of carbonyl (C=O) groups is 1. The first-order chi connectivity index (χ1) is 7.81. The first-order valence-corrected chi connectivity index (χ1v) is 6.46. The average Bonchev–Trinajstić information content (AvgIpc) is 2.73. The lowest BCUT2D eigenvalue weighted by atomic mass is 10.2. The molecule has 0 aromatic carbocycles. The Hall–Kier alpha value is -0.940. The molecule has 0 unspecified atom stereocenters. The topological polar surface area (TPSA) is 42.4 Å². The van der Waals surface area contributed by atoms with Crippen LogP contribution in [-0.2, 0) is 4.74 Å². The van der Waals surface area contributed by atoms with Crippen LogP contribution in [0.2, 0.25) is 0 Å². The van der Waals surface area contributed by atoms with Crippen LogP contribution in [0, 0.1) is 0 Å². The van der Waals surface area contributed by atoms with E-state index in [2.05, 4.69) is 11.3 Å². The summed E-state index contributed by atoms with van der Waals surface area (Å²) in [6, 6.07) is 1.78. The Morgan fingerprint density at radius 1 is 1.75 bits per heavy atom. The highest BCUT2D eigenvalue weighted by molar-refractivity contribution is 7.03. The van der Waals surface area contributed by atoms with Crippen LogP contribution in [0.25, 0.3) is 0 Å². The second kappa shape index (κ2) is 5.41. The summed E-state index contributed by atoms with van der Waals surface area (Å²) in [5.41, 5.74) is 0.557. The maximum atomic E-state index is 12.1. The molecule has 0 N–H and O–H groups in total. The fourth-order valence-corrected chi connectivity index (χ4v) is 2.31. The van der Waals surface area contributed by atoms with Gasteiger partial charge in [-0.3, -0.25) is 4.79 Å². The molecule has 0 saturated carbocycles. The molecule has 2 rings (SSSR count). The highest BCUT2D eigenvalue weighted by Gasteiger charge is 2.23. The quantitative estimate of drug-likeness (QED) is 0.791. The largest absolute Gasteiger partial charge is 0.376 e. The lowest BCUT2D eigenvalue weighted by molar-refractivity contribution is 0.0458. The number of aromatic nitrogens is 1. The van der Waals surface area contributed by atoms with Crippen molar-refractivity contribution in [1.29, 1.82) is 0 Å². The van der Waals surface area contributed by atoms with Crippen molar-refractivity contribution in [2.75, 3.05) is 19.7 Å². The van der Waals surface area contributed by atoms with E-state index in [1.165, 1.54) is 11.5 Å². The number of amides is 1. The minimum absolute atomic E-state index is 0.0326. The summed E-state index contributed by atoms with van der Waals surface area (Å²) in [6.45, 7) is 4.29. The van der Waals surface area contributed by atoms with E-state index < -0.39 is 0 Å². The molecule has 1 aromatic heterocycles. The summed E-state index contributed by atoms with van der Waals surface area (Å²) in [7, 11) is 0. The van der Waals surface area contributed by atoms with E-state index in [1.807, 2.05) is 10.3 Å². The van der Waals surface area contributed by atoms with Crippen molar-refractivity contribution >= 4 is 17.4 Å². The van der Waals surface area contributed by atoms with E-state index in [9.17, 15) is 4.79 Å². The second-order valence-corrected chi connectivity index (χ2v) is 4.56. The number of nitrogens with zero attached hydrogens (tertiary/aromatic N) is 2. The van der Waals surface area contributed by atoms with Gasteiger partial charge in [0.1, 0.15) is 5.69 Å². The van der Waals surface area contributed by atoms with Crippen LogP contribution in [0.4, 0.5) is 0 Å². The zero-order valence-electron chi connectivity index (χ0n) is 9.39. The number of carbonyl (C=O) groups excluding carboxylic acids is 1. The molecule has 0 radical (unpaired) electrons. The molecular formula is C11H16N2O2S. The van der Waals surface area contributed by atoms with Crippen LogP contribution in [-0.4, -0.2) is 41.0 Å². The molecule has 1 atom stereocenters. The fraction of sp³-hybridized carbons (Fsp3) is 0.636. The fourth-order valence-electron chi connectivity index (χ4n) is 1.81. The van der Waals surface area contributed by atoms with Gasteiger partial charge in [0.25, 0.3) is 5.91 Å². The third-order valence-corrected chi connectivity index (χ3v) is 3.31. The van der Waals surface area contributed by atoms with Gasteiger partial charge in [0, 0.05) is 25.1 Å². The molecule has 4 nitrogen and oxygen atoms in total. The van der Waals surface area contributed by atoms with Crippen molar-refractivity contribution in [2.45, 2.75) is 25.9 Å². The summed E-state index contributed by atoms with van der Waals surface area (Å²) < 4.78 is 9.72. The molecule has 0 bridgehead atoms. The predicted molar refractivity (Wildman–Crippen MR) is 62.7 cm³/mol. The molecular weight excluding hydrogens is 224 g/mol. The molecule has 0 aliphatic carbocycles. The Labute approximate surface area is 99.4 Å². The van der Waals surface area contributed by atoms with Gasteiger partial charge >= 0.3 is 0 Å². The van der Waals surface area contributed by atoms with Gasteiger partial charge in [-0.15, -0.1) is 0 Å². The monoisotopic (exact) mass is 240 g/mol. The SMILES string of the molecule is CC[C@H]1CN(C(=O)c2ccsn2)CCCO1. The second-order valence-electron chi connectivity index (χ2n) is 3.89. The number of hydrogen-bond donors (Lipinski definition) is 0. The van der Waals surface area contributed by atoms with Crippen molar-refractivity contribution in [3.05, 3.63) is 17.1 Å². The molecule has 1 aliphatic rings. The summed E-state index contributed by atoms with van der Waals surface area (Å²) in [4.78, 5) is 13.9. The Kier molecular flexibility index (Phi) is 3.90. The Balaban J connectivity index is 2.04. The summed E-state index contributed by atoms with van der Waals surface area (Å²) >= 11 is 1.31. The summed E-state index contributed by atoms with van der Waals surface area (Å²) in [5, 5.41) is 1.83. The standard InChI is InChI=1S/C11H16N2O2S/c1-2-9-8-13(5-3-6-15-9)11(14)10-4-7-16-12-10/h4,7,9H,2-3,5-6,8H2,1H3/t9-/m0/s1. The Morgan fingerprint density at radius 3 is 3.31 bits per heavy atom. The molecule has 2 heterocycles. The molecule has 88 valence electrons. The predicted octanol–water partition coefficient (Wildman–Crippen LogP) is 1.78. The van der Waals surface area contributed by atoms with Gasteiger partial charge in [0.2, 0.25) is 0 Å². The molecule has 0 spiro atoms. The van der Waals surface area contributed by atoms with E-state index >= 15 is 0 Å². The van der Waals surface area contributed by atoms with Gasteiger partial charge in [-0.1, -0.05) is 6.92 Å². The van der Waals surface area contributed by atoms with Crippen molar-refractivity contribution in [3.63, 3.8) is 0 Å². The highest BCUT2D eigenvalue weighted by atomic mass is 32.1. The number of ether oxygens (including phenoxy) is 1. The van der Waals surface area contributed by atoms with Crippen LogP contribution in [0.1, 0.15) is 30.3 Å². The van der Waals surface area contributed by atoms with Gasteiger partial charge < -0.3 is 9.64 Å². The van der Waals surface area contributed by atoms with E-state index in [-0.39, 0.29) is 12.0 Å². The smallest absolute Gasteiger partial charge is 0.273 e. The van der Waals surface area contributed by atoms with Gasteiger partial charge in [0.15, 0.2) is 0 Å². The highest BCUT2D eigenvalue weighted by Crippen LogP contribution is 2.12. The molecule has 1 amide bonds. The van der Waals surface area contributed by atoms with Gasteiger partial charge in [-0.05, 0) is 30.4 Å². The lowest BCUT2D eigenvalue weighted by Gasteiger charge is -2.22. The molecule has 16 heavy (non-hydrogen) atoms. The van der Waals surface area contributed by atoms with Crippen molar-refractivity contribution < 1.29 is 9.53 Å². The van der Waals surface area contributed by atoms with E-state index in [1.54, 1.807) is 6.07 Å². The van der Waals surface area contributed by atoms with Crippen LogP contribution < -0.4 is 0 Å². The maximum absolute atomic E-state index is 12.1. The molecule has 1 saturated heterocycles. The number of rotatable bonds is 2. The van der Waals surface area contributed by atoms with Gasteiger partial charge in [-0.25, -0.2) is 0 Å². The third-order valence-electron chi connectivity index (χ3n) is 2.75. The van der Waals surface area contributed by atoms with E-state index in [0.717, 1.165) is 26.0 Å². The van der Waals surface area contributed by atoms with Gasteiger partial charge in [-0.2, -0.15) is 4.37 Å². The Morgan fingerprint density at radius 2 is 2.62 bits per heavy atom. The molecule has 1 aliphatic heterocycles. The van der Waals surface area contributed by atoms with E-state index in [4.69, 9.17) is 4.74 Å². The first-order valence-electron chi connectivity index (χ1n) is 5.62. The first kappa shape index (κ1) is 11.5. The normalized spacial score (nSPS) is 21.8. The Bertz CT molecular complexity index is 340. The molecule has 1 fully saturated rings. The van der Waals surface area contributed by atoms with Gasteiger partial charge in [0.05, 0.1) is 6.10 Å². The van der Waals surface area contributed by atoms with Crippen molar-refractivity contribution in [2.24, 2.45) is 0 Å². The van der Waals surface area contributed by atoms with Crippen molar-refractivity contribution in [1.82, 2.24) is 9.27 Å². The number of hydrogen-bond acceptors (Lipinski definition) is 4. The maximum Gasteiger partial charge on any atom is 0.273 e. The average molecular weight is 240 g/mol.